The van der Waals surface area contributed by atoms with Crippen LogP contribution in [0.1, 0.15) is 6.42 Å². The molecule has 0 N–H and O–H groups in total. The van der Waals surface area contributed by atoms with Gasteiger partial charge >= 0.3 is 0 Å². The molecule has 0 unspecified atom stereocenters. The lowest BCUT2D eigenvalue weighted by Gasteiger charge is -2.08. The van der Waals surface area contributed by atoms with Gasteiger partial charge < -0.3 is 14.2 Å². The van der Waals surface area contributed by atoms with Gasteiger partial charge in [-0.05, 0) is 18.6 Å². The number of halogens is 3. The summed E-state index contributed by atoms with van der Waals surface area (Å²) in [6, 6.07) is 2.42. The lowest BCUT2D eigenvalue weighted by atomic mass is 10.3. The largest absolute Gasteiger partial charge is 0.488 e. The van der Waals surface area contributed by atoms with Crippen LogP contribution in [0, 0.1) is 11.6 Å². The van der Waals surface area contributed by atoms with Crippen molar-refractivity contribution < 1.29 is 23.0 Å². The molecule has 0 bridgehead atoms. The fourth-order valence-corrected chi connectivity index (χ4v) is 1.66. The molecule has 0 atom stereocenters. The van der Waals surface area contributed by atoms with Gasteiger partial charge in [-0.3, -0.25) is 0 Å². The molecule has 0 spiro atoms. The van der Waals surface area contributed by atoms with Crippen LogP contribution in [0.3, 0.4) is 0 Å². The summed E-state index contributed by atoms with van der Waals surface area (Å²) >= 11 is 3.07. The summed E-state index contributed by atoms with van der Waals surface area (Å²) in [7, 11) is 1.62. The molecule has 3 nitrogen and oxygen atoms in total. The van der Waals surface area contributed by atoms with E-state index in [0.29, 0.717) is 24.3 Å². The Morgan fingerprint density at radius 3 is 2.61 bits per heavy atom. The zero-order chi connectivity index (χ0) is 13.4. The molecule has 0 fully saturated rings. The standard InChI is InChI=1S/C12H15BrF2O3/c1-16-3-2-4-17-5-6-18-11-8-9(13)7-10(14)12(11)15/h7-8H,2-6H2,1H3. The van der Waals surface area contributed by atoms with E-state index in [4.69, 9.17) is 14.2 Å². The maximum atomic E-state index is 13.3. The van der Waals surface area contributed by atoms with E-state index in [-0.39, 0.29) is 12.4 Å². The summed E-state index contributed by atoms with van der Waals surface area (Å²) in [4.78, 5) is 0. The van der Waals surface area contributed by atoms with Crippen molar-refractivity contribution in [3.8, 4) is 5.75 Å². The van der Waals surface area contributed by atoms with E-state index in [2.05, 4.69) is 15.9 Å². The van der Waals surface area contributed by atoms with E-state index in [1.807, 2.05) is 0 Å². The highest BCUT2D eigenvalue weighted by molar-refractivity contribution is 9.10. The van der Waals surface area contributed by atoms with Gasteiger partial charge in [-0.2, -0.15) is 4.39 Å². The van der Waals surface area contributed by atoms with Gasteiger partial charge in [0, 0.05) is 24.8 Å². The van der Waals surface area contributed by atoms with Crippen molar-refractivity contribution >= 4 is 15.9 Å². The third-order valence-electron chi connectivity index (χ3n) is 2.08. The molecule has 0 saturated carbocycles. The Balaban J connectivity index is 2.27. The van der Waals surface area contributed by atoms with Gasteiger partial charge in [0.05, 0.1) is 6.61 Å². The third kappa shape index (κ3) is 5.29. The molecule has 18 heavy (non-hydrogen) atoms. The summed E-state index contributed by atoms with van der Waals surface area (Å²) in [5.41, 5.74) is 0. The zero-order valence-corrected chi connectivity index (χ0v) is 11.6. The normalized spacial score (nSPS) is 10.7. The van der Waals surface area contributed by atoms with Gasteiger partial charge in [0.15, 0.2) is 11.6 Å². The Morgan fingerprint density at radius 1 is 1.11 bits per heavy atom. The first-order valence-corrected chi connectivity index (χ1v) is 6.28. The second-order valence-electron chi connectivity index (χ2n) is 3.51. The zero-order valence-electron chi connectivity index (χ0n) is 10.0. The molecule has 0 heterocycles. The second-order valence-corrected chi connectivity index (χ2v) is 4.42. The number of rotatable bonds is 8. The molecule has 0 saturated heterocycles. The first-order valence-electron chi connectivity index (χ1n) is 5.49. The average molecular weight is 325 g/mol. The molecule has 0 aliphatic heterocycles. The van der Waals surface area contributed by atoms with Gasteiger partial charge in [0.25, 0.3) is 0 Å². The highest BCUT2D eigenvalue weighted by atomic mass is 79.9. The maximum absolute atomic E-state index is 13.3. The van der Waals surface area contributed by atoms with Crippen LogP contribution in [0.5, 0.6) is 5.75 Å². The van der Waals surface area contributed by atoms with E-state index in [1.54, 1.807) is 7.11 Å². The predicted molar refractivity (Wildman–Crippen MR) is 66.9 cm³/mol. The quantitative estimate of drug-likeness (QED) is 0.543. The SMILES string of the molecule is COCCCOCCOc1cc(Br)cc(F)c1F. The van der Waals surface area contributed by atoms with E-state index < -0.39 is 11.6 Å². The van der Waals surface area contributed by atoms with Crippen molar-refractivity contribution in [3.63, 3.8) is 0 Å². The number of hydrogen-bond donors (Lipinski definition) is 0. The van der Waals surface area contributed by atoms with Gasteiger partial charge in [0.2, 0.25) is 5.82 Å². The molecule has 0 aromatic heterocycles. The average Bonchev–Trinajstić information content (AvgIpc) is 2.33. The van der Waals surface area contributed by atoms with Crippen LogP contribution >= 0.6 is 15.9 Å². The van der Waals surface area contributed by atoms with Crippen molar-refractivity contribution in [1.29, 1.82) is 0 Å². The second kappa shape index (κ2) is 8.39. The molecule has 0 radical (unpaired) electrons. The molecular weight excluding hydrogens is 310 g/mol. The minimum absolute atomic E-state index is 0.123. The maximum Gasteiger partial charge on any atom is 0.200 e. The molecule has 0 amide bonds. The monoisotopic (exact) mass is 324 g/mol. The number of benzene rings is 1. The molecule has 1 rings (SSSR count). The molecule has 1 aromatic carbocycles. The van der Waals surface area contributed by atoms with Crippen molar-refractivity contribution in [2.45, 2.75) is 6.42 Å². The van der Waals surface area contributed by atoms with Crippen molar-refractivity contribution in [3.05, 3.63) is 28.2 Å². The first kappa shape index (κ1) is 15.3. The van der Waals surface area contributed by atoms with Crippen LogP contribution < -0.4 is 4.74 Å². The summed E-state index contributed by atoms with van der Waals surface area (Å²) in [6.07, 6.45) is 0.788. The lowest BCUT2D eigenvalue weighted by molar-refractivity contribution is 0.0795. The lowest BCUT2D eigenvalue weighted by Crippen LogP contribution is -2.09. The number of methoxy groups -OCH3 is 1. The Kier molecular flexibility index (Phi) is 7.15. The highest BCUT2D eigenvalue weighted by Crippen LogP contribution is 2.25. The molecule has 0 aliphatic rings. The molecule has 6 heteroatoms. The van der Waals surface area contributed by atoms with E-state index in [0.717, 1.165) is 12.5 Å². The van der Waals surface area contributed by atoms with Crippen LogP contribution in [0.2, 0.25) is 0 Å². The minimum Gasteiger partial charge on any atom is -0.488 e. The molecule has 102 valence electrons. The predicted octanol–water partition coefficient (Wildman–Crippen LogP) is 3.16. The van der Waals surface area contributed by atoms with Crippen molar-refractivity contribution in [1.82, 2.24) is 0 Å². The van der Waals surface area contributed by atoms with E-state index in [1.165, 1.54) is 6.07 Å². The first-order chi connectivity index (χ1) is 8.65. The Bertz CT molecular complexity index is 375. The Morgan fingerprint density at radius 2 is 1.89 bits per heavy atom. The fourth-order valence-electron chi connectivity index (χ4n) is 1.26. The Labute approximate surface area is 113 Å². The van der Waals surface area contributed by atoms with Gasteiger partial charge in [0.1, 0.15) is 6.61 Å². The van der Waals surface area contributed by atoms with Crippen LogP contribution in [-0.4, -0.2) is 33.5 Å². The Hall–Kier alpha value is -0.720. The van der Waals surface area contributed by atoms with Crippen LogP contribution in [0.4, 0.5) is 8.78 Å². The molecule has 1 aromatic rings. The van der Waals surface area contributed by atoms with Gasteiger partial charge in [-0.1, -0.05) is 15.9 Å². The van der Waals surface area contributed by atoms with Crippen LogP contribution in [0.25, 0.3) is 0 Å². The topological polar surface area (TPSA) is 27.7 Å². The summed E-state index contributed by atoms with van der Waals surface area (Å²) in [5, 5.41) is 0. The van der Waals surface area contributed by atoms with Gasteiger partial charge in [-0.15, -0.1) is 0 Å². The highest BCUT2D eigenvalue weighted by Gasteiger charge is 2.10. The third-order valence-corrected chi connectivity index (χ3v) is 2.54. The van der Waals surface area contributed by atoms with Crippen molar-refractivity contribution in [2.75, 3.05) is 33.5 Å². The number of hydrogen-bond acceptors (Lipinski definition) is 3. The molecule has 0 aliphatic carbocycles. The van der Waals surface area contributed by atoms with Crippen molar-refractivity contribution in [2.24, 2.45) is 0 Å². The van der Waals surface area contributed by atoms with Gasteiger partial charge in [-0.25, -0.2) is 4.39 Å². The minimum atomic E-state index is -0.988. The summed E-state index contributed by atoms with van der Waals surface area (Å²) < 4.78 is 41.9. The van der Waals surface area contributed by atoms with Crippen LogP contribution in [-0.2, 0) is 9.47 Å². The molecular formula is C12H15BrF2O3. The number of ether oxygens (including phenoxy) is 3. The van der Waals surface area contributed by atoms with Crippen LogP contribution in [0.15, 0.2) is 16.6 Å². The smallest absolute Gasteiger partial charge is 0.200 e. The van der Waals surface area contributed by atoms with E-state index >= 15 is 0 Å². The fraction of sp³-hybridized carbons (Fsp3) is 0.500. The van der Waals surface area contributed by atoms with E-state index in [9.17, 15) is 8.78 Å². The summed E-state index contributed by atoms with van der Waals surface area (Å²) in [6.45, 7) is 1.66. The summed E-state index contributed by atoms with van der Waals surface area (Å²) in [5.74, 6) is -2.06.